The molecule has 1 unspecified atom stereocenters. The third kappa shape index (κ3) is 4.54. The molecule has 100 valence electrons. The molecule has 2 aliphatic heterocycles. The number of hydrogen-bond acceptors (Lipinski definition) is 4. The van der Waals surface area contributed by atoms with E-state index in [1.807, 2.05) is 0 Å². The van der Waals surface area contributed by atoms with E-state index in [0.29, 0.717) is 6.04 Å². The first kappa shape index (κ1) is 13.3. The second-order valence-electron chi connectivity index (χ2n) is 5.72. The molecule has 0 spiro atoms. The van der Waals surface area contributed by atoms with E-state index in [0.717, 1.165) is 32.2 Å². The van der Waals surface area contributed by atoms with Crippen molar-refractivity contribution in [3.05, 3.63) is 0 Å². The average molecular weight is 241 g/mol. The zero-order chi connectivity index (χ0) is 12.1. The lowest BCUT2D eigenvalue weighted by Gasteiger charge is -2.37. The van der Waals surface area contributed by atoms with Gasteiger partial charge in [-0.3, -0.25) is 4.90 Å². The van der Waals surface area contributed by atoms with E-state index in [2.05, 4.69) is 29.0 Å². The molecule has 0 radical (unpaired) electrons. The second kappa shape index (κ2) is 6.69. The number of nitrogens with zero attached hydrogens (tertiary/aromatic N) is 2. The summed E-state index contributed by atoms with van der Waals surface area (Å²) in [4.78, 5) is 5.16. The van der Waals surface area contributed by atoms with Crippen molar-refractivity contribution < 1.29 is 4.74 Å². The molecular formula is C13H27N3O. The summed E-state index contributed by atoms with van der Waals surface area (Å²) in [7, 11) is 0. The van der Waals surface area contributed by atoms with E-state index >= 15 is 0 Å². The van der Waals surface area contributed by atoms with E-state index in [1.165, 1.54) is 32.7 Å². The highest BCUT2D eigenvalue weighted by Gasteiger charge is 2.21. The summed E-state index contributed by atoms with van der Waals surface area (Å²) in [6, 6.07) is 0.542. The van der Waals surface area contributed by atoms with Crippen LogP contribution >= 0.6 is 0 Å². The van der Waals surface area contributed by atoms with Gasteiger partial charge in [0, 0.05) is 51.9 Å². The maximum Gasteiger partial charge on any atom is 0.0632 e. The van der Waals surface area contributed by atoms with Crippen LogP contribution in [0.3, 0.4) is 0 Å². The average Bonchev–Trinajstić information content (AvgIpc) is 2.32. The van der Waals surface area contributed by atoms with Crippen LogP contribution in [0, 0.1) is 5.92 Å². The minimum Gasteiger partial charge on any atom is -0.378 e. The van der Waals surface area contributed by atoms with Gasteiger partial charge < -0.3 is 15.0 Å². The van der Waals surface area contributed by atoms with Crippen LogP contribution < -0.4 is 5.32 Å². The third-order valence-corrected chi connectivity index (χ3v) is 3.57. The number of rotatable bonds is 4. The van der Waals surface area contributed by atoms with Gasteiger partial charge >= 0.3 is 0 Å². The number of nitrogens with one attached hydrogen (secondary N) is 1. The summed E-state index contributed by atoms with van der Waals surface area (Å²) in [6.45, 7) is 14.6. The first-order valence-electron chi connectivity index (χ1n) is 7.00. The van der Waals surface area contributed by atoms with Crippen LogP contribution in [0.1, 0.15) is 13.8 Å². The van der Waals surface area contributed by atoms with Crippen LogP contribution in [-0.4, -0.2) is 74.9 Å². The first-order chi connectivity index (χ1) is 8.24. The van der Waals surface area contributed by atoms with Crippen molar-refractivity contribution in [3.8, 4) is 0 Å². The Morgan fingerprint density at radius 2 is 1.88 bits per heavy atom. The quantitative estimate of drug-likeness (QED) is 0.763. The van der Waals surface area contributed by atoms with E-state index in [9.17, 15) is 0 Å². The maximum atomic E-state index is 5.50. The Morgan fingerprint density at radius 1 is 1.18 bits per heavy atom. The van der Waals surface area contributed by atoms with Crippen molar-refractivity contribution in [2.24, 2.45) is 5.92 Å². The molecule has 0 aromatic rings. The molecule has 2 saturated heterocycles. The number of piperazine rings is 1. The van der Waals surface area contributed by atoms with Crippen LogP contribution in [0.25, 0.3) is 0 Å². The maximum absolute atomic E-state index is 5.50. The van der Waals surface area contributed by atoms with E-state index in [-0.39, 0.29) is 0 Å². The van der Waals surface area contributed by atoms with E-state index in [4.69, 9.17) is 4.74 Å². The van der Waals surface area contributed by atoms with Crippen LogP contribution in [0.4, 0.5) is 0 Å². The van der Waals surface area contributed by atoms with Crippen LogP contribution in [0.2, 0.25) is 0 Å². The largest absolute Gasteiger partial charge is 0.378 e. The van der Waals surface area contributed by atoms with Gasteiger partial charge in [-0.2, -0.15) is 0 Å². The van der Waals surface area contributed by atoms with Gasteiger partial charge in [0.2, 0.25) is 0 Å². The van der Waals surface area contributed by atoms with E-state index in [1.54, 1.807) is 0 Å². The predicted molar refractivity (Wildman–Crippen MR) is 70.3 cm³/mol. The summed E-state index contributed by atoms with van der Waals surface area (Å²) in [5.74, 6) is 0.787. The summed E-state index contributed by atoms with van der Waals surface area (Å²) in [5, 5.41) is 3.53. The molecule has 17 heavy (non-hydrogen) atoms. The summed E-state index contributed by atoms with van der Waals surface area (Å²) < 4.78 is 5.50. The number of morpholine rings is 1. The highest BCUT2D eigenvalue weighted by molar-refractivity contribution is 4.79. The third-order valence-electron chi connectivity index (χ3n) is 3.57. The van der Waals surface area contributed by atoms with Gasteiger partial charge in [-0.25, -0.2) is 0 Å². The fourth-order valence-electron chi connectivity index (χ4n) is 2.72. The Hall–Kier alpha value is -0.160. The fourth-order valence-corrected chi connectivity index (χ4v) is 2.72. The Labute approximate surface area is 105 Å². The Balaban J connectivity index is 1.64. The summed E-state index contributed by atoms with van der Waals surface area (Å²) in [5.41, 5.74) is 0. The lowest BCUT2D eigenvalue weighted by Crippen LogP contribution is -2.53. The standard InChI is InChI=1S/C13H27N3O/c1-12(2)9-15-4-6-16(7-5-15)10-13-11-17-8-3-14-13/h12-14H,3-11H2,1-2H3. The SMILES string of the molecule is CC(C)CN1CCN(CC2COCCN2)CC1. The van der Waals surface area contributed by atoms with Crippen molar-refractivity contribution >= 4 is 0 Å². The summed E-state index contributed by atoms with van der Waals surface area (Å²) in [6.07, 6.45) is 0. The minimum atomic E-state index is 0.542. The van der Waals surface area contributed by atoms with Gasteiger partial charge in [0.25, 0.3) is 0 Å². The molecule has 4 nitrogen and oxygen atoms in total. The van der Waals surface area contributed by atoms with E-state index < -0.39 is 0 Å². The van der Waals surface area contributed by atoms with Crippen LogP contribution in [0.15, 0.2) is 0 Å². The normalized spacial score (nSPS) is 28.8. The highest BCUT2D eigenvalue weighted by Crippen LogP contribution is 2.06. The van der Waals surface area contributed by atoms with Crippen LogP contribution in [-0.2, 0) is 4.74 Å². The smallest absolute Gasteiger partial charge is 0.0632 e. The van der Waals surface area contributed by atoms with Crippen molar-refractivity contribution in [2.45, 2.75) is 19.9 Å². The number of ether oxygens (including phenoxy) is 1. The van der Waals surface area contributed by atoms with Crippen molar-refractivity contribution in [2.75, 3.05) is 59.0 Å². The zero-order valence-corrected chi connectivity index (χ0v) is 11.3. The lowest BCUT2D eigenvalue weighted by molar-refractivity contribution is 0.0490. The van der Waals surface area contributed by atoms with Gasteiger partial charge in [0.15, 0.2) is 0 Å². The van der Waals surface area contributed by atoms with Gasteiger partial charge in [0.1, 0.15) is 0 Å². The van der Waals surface area contributed by atoms with Gasteiger partial charge in [-0.05, 0) is 5.92 Å². The molecule has 1 N–H and O–H groups in total. The molecular weight excluding hydrogens is 214 g/mol. The molecule has 2 aliphatic rings. The highest BCUT2D eigenvalue weighted by atomic mass is 16.5. The summed E-state index contributed by atoms with van der Waals surface area (Å²) >= 11 is 0. The Bertz CT molecular complexity index is 209. The number of hydrogen-bond donors (Lipinski definition) is 1. The molecule has 2 rings (SSSR count). The van der Waals surface area contributed by atoms with Gasteiger partial charge in [-0.1, -0.05) is 13.8 Å². The molecule has 0 bridgehead atoms. The van der Waals surface area contributed by atoms with Gasteiger partial charge in [-0.15, -0.1) is 0 Å². The fraction of sp³-hybridized carbons (Fsp3) is 1.00. The van der Waals surface area contributed by atoms with Gasteiger partial charge in [0.05, 0.1) is 13.2 Å². The molecule has 2 heterocycles. The van der Waals surface area contributed by atoms with Crippen molar-refractivity contribution in [1.29, 1.82) is 0 Å². The topological polar surface area (TPSA) is 27.7 Å². The molecule has 0 aromatic heterocycles. The zero-order valence-electron chi connectivity index (χ0n) is 11.3. The second-order valence-corrected chi connectivity index (χ2v) is 5.72. The first-order valence-corrected chi connectivity index (χ1v) is 7.00. The monoisotopic (exact) mass is 241 g/mol. The molecule has 0 aromatic carbocycles. The molecule has 4 heteroatoms. The van der Waals surface area contributed by atoms with Crippen molar-refractivity contribution in [1.82, 2.24) is 15.1 Å². The van der Waals surface area contributed by atoms with Crippen molar-refractivity contribution in [3.63, 3.8) is 0 Å². The Kier molecular flexibility index (Phi) is 5.22. The molecule has 1 atom stereocenters. The molecule has 0 saturated carbocycles. The predicted octanol–water partition coefficient (Wildman–Crippen LogP) is 0.248. The van der Waals surface area contributed by atoms with Crippen LogP contribution in [0.5, 0.6) is 0 Å². The molecule has 0 amide bonds. The lowest BCUT2D eigenvalue weighted by atomic mass is 10.2. The Morgan fingerprint density at radius 3 is 2.47 bits per heavy atom. The molecule has 0 aliphatic carbocycles. The minimum absolute atomic E-state index is 0.542. The molecule has 2 fully saturated rings.